The van der Waals surface area contributed by atoms with Gasteiger partial charge in [0.15, 0.2) is 11.5 Å². The summed E-state index contributed by atoms with van der Waals surface area (Å²) in [5, 5.41) is 2.92. The van der Waals surface area contributed by atoms with Crippen LogP contribution < -0.4 is 25.4 Å². The number of benzene rings is 2. The molecule has 0 saturated carbocycles. The molecule has 35 heavy (non-hydrogen) atoms. The number of hydrogen-bond donors (Lipinski definition) is 2. The molecule has 2 aromatic rings. The lowest BCUT2D eigenvalue weighted by molar-refractivity contribution is -0.136. The molecule has 3 rings (SSSR count). The quantitative estimate of drug-likeness (QED) is 0.351. The minimum absolute atomic E-state index is 0.239. The molecule has 0 bridgehead atoms. The van der Waals surface area contributed by atoms with Gasteiger partial charge >= 0.3 is 6.18 Å². The Bertz CT molecular complexity index is 1030. The van der Waals surface area contributed by atoms with Crippen LogP contribution in [-0.4, -0.2) is 64.3 Å². The van der Waals surface area contributed by atoms with Gasteiger partial charge in [0.05, 0.1) is 25.3 Å². The Balaban J connectivity index is 1.42. The van der Waals surface area contributed by atoms with Crippen molar-refractivity contribution in [2.24, 2.45) is 0 Å². The zero-order chi connectivity index (χ0) is 25.6. The number of nitrogens with one attached hydrogen (secondary N) is 1. The summed E-state index contributed by atoms with van der Waals surface area (Å²) in [5.74, 6) is 0.617. The largest absolute Gasteiger partial charge is 0.493 e. The van der Waals surface area contributed by atoms with Crippen molar-refractivity contribution in [3.8, 4) is 11.5 Å². The van der Waals surface area contributed by atoms with Crippen LogP contribution in [0.15, 0.2) is 34.8 Å². The Morgan fingerprint density at radius 3 is 2.43 bits per heavy atom. The van der Waals surface area contributed by atoms with E-state index in [1.54, 1.807) is 18.2 Å². The zero-order valence-electron chi connectivity index (χ0n) is 19.8. The van der Waals surface area contributed by atoms with Crippen molar-refractivity contribution in [2.75, 3.05) is 64.1 Å². The van der Waals surface area contributed by atoms with Crippen molar-refractivity contribution < 1.29 is 27.4 Å². The topological polar surface area (TPSA) is 80.1 Å². The number of hydrogen-bond acceptors (Lipinski definition) is 6. The van der Waals surface area contributed by atoms with Crippen molar-refractivity contribution in [3.05, 3.63) is 45.9 Å². The smallest absolute Gasteiger partial charge is 0.418 e. The van der Waals surface area contributed by atoms with Crippen molar-refractivity contribution in [1.29, 1.82) is 0 Å². The van der Waals surface area contributed by atoms with Gasteiger partial charge < -0.3 is 25.4 Å². The number of unbranched alkanes of at least 4 members (excludes halogenated alkanes) is 1. The van der Waals surface area contributed by atoms with E-state index in [4.69, 9.17) is 15.2 Å². The van der Waals surface area contributed by atoms with Crippen molar-refractivity contribution >= 4 is 33.2 Å². The van der Waals surface area contributed by atoms with E-state index in [0.29, 0.717) is 46.9 Å². The van der Waals surface area contributed by atoms with Crippen LogP contribution in [0.5, 0.6) is 11.5 Å². The third-order valence-electron chi connectivity index (χ3n) is 5.95. The number of carbonyl (C=O) groups is 1. The number of piperazine rings is 1. The second-order valence-electron chi connectivity index (χ2n) is 8.25. The van der Waals surface area contributed by atoms with Crippen LogP contribution in [0, 0.1) is 0 Å². The molecule has 7 nitrogen and oxygen atoms in total. The number of carbonyl (C=O) groups excluding carboxylic acids is 1. The number of halogens is 4. The van der Waals surface area contributed by atoms with Crippen LogP contribution in [0.1, 0.15) is 28.8 Å². The van der Waals surface area contributed by atoms with Crippen LogP contribution in [-0.2, 0) is 6.18 Å². The molecule has 0 radical (unpaired) electrons. The molecule has 0 unspecified atom stereocenters. The number of methoxy groups -OCH3 is 2. The minimum atomic E-state index is -4.47. The highest BCUT2D eigenvalue weighted by molar-refractivity contribution is 9.10. The first kappa shape index (κ1) is 26.9. The highest BCUT2D eigenvalue weighted by Crippen LogP contribution is 2.36. The van der Waals surface area contributed by atoms with Gasteiger partial charge in [-0.3, -0.25) is 9.69 Å². The van der Waals surface area contributed by atoms with Gasteiger partial charge in [0.25, 0.3) is 5.91 Å². The molecule has 1 saturated heterocycles. The molecule has 3 N–H and O–H groups in total. The standard InChI is InChI=1S/C24H30BrF3N4O3/c1-34-21-14-16(25)13-18(22(21)35-2)23(33)30-7-3-4-8-31-9-11-32(12-10-31)17-5-6-20(29)19(15-17)24(26,27)28/h5-6,13-15H,3-4,7-12,29H2,1-2H3,(H,30,33). The molecule has 0 aromatic heterocycles. The average Bonchev–Trinajstić information content (AvgIpc) is 2.83. The third-order valence-corrected chi connectivity index (χ3v) is 6.41. The summed E-state index contributed by atoms with van der Waals surface area (Å²) >= 11 is 3.38. The fourth-order valence-corrected chi connectivity index (χ4v) is 4.51. The maximum atomic E-state index is 13.1. The first-order valence-electron chi connectivity index (χ1n) is 11.3. The zero-order valence-corrected chi connectivity index (χ0v) is 21.3. The van der Waals surface area contributed by atoms with E-state index in [1.807, 2.05) is 4.90 Å². The Morgan fingerprint density at radius 2 is 1.80 bits per heavy atom. The average molecular weight is 559 g/mol. The predicted molar refractivity (Wildman–Crippen MR) is 133 cm³/mol. The Kier molecular flexibility index (Phi) is 9.12. The van der Waals surface area contributed by atoms with Crippen molar-refractivity contribution in [1.82, 2.24) is 10.2 Å². The van der Waals surface area contributed by atoms with Gasteiger partial charge in [-0.15, -0.1) is 0 Å². The molecule has 1 fully saturated rings. The van der Waals surface area contributed by atoms with Gasteiger partial charge in [0.1, 0.15) is 0 Å². The molecule has 192 valence electrons. The molecule has 1 heterocycles. The Labute approximate surface area is 211 Å². The van der Waals surface area contributed by atoms with Gasteiger partial charge in [-0.05, 0) is 49.7 Å². The number of nitrogens with zero attached hydrogens (tertiary/aromatic N) is 2. The molecule has 0 spiro atoms. The maximum Gasteiger partial charge on any atom is 0.418 e. The van der Waals surface area contributed by atoms with E-state index in [1.165, 1.54) is 20.3 Å². The molecule has 1 aliphatic heterocycles. The SMILES string of the molecule is COc1cc(Br)cc(C(=O)NCCCCN2CCN(c3ccc(N)c(C(F)(F)F)c3)CC2)c1OC. The first-order chi connectivity index (χ1) is 16.6. The number of anilines is 2. The van der Waals surface area contributed by atoms with Crippen LogP contribution in [0.4, 0.5) is 24.5 Å². The maximum absolute atomic E-state index is 13.1. The van der Waals surface area contributed by atoms with Crippen LogP contribution in [0.3, 0.4) is 0 Å². The normalized spacial score (nSPS) is 14.6. The van der Waals surface area contributed by atoms with Crippen LogP contribution in [0.25, 0.3) is 0 Å². The monoisotopic (exact) mass is 558 g/mol. The summed E-state index contributed by atoms with van der Waals surface area (Å²) in [6.45, 7) is 4.17. The van der Waals surface area contributed by atoms with Gasteiger partial charge in [0.2, 0.25) is 0 Å². The first-order valence-corrected chi connectivity index (χ1v) is 12.1. The number of nitrogen functional groups attached to an aromatic ring is 1. The molecule has 2 aromatic carbocycles. The summed E-state index contributed by atoms with van der Waals surface area (Å²) in [4.78, 5) is 16.9. The fourth-order valence-electron chi connectivity index (χ4n) is 4.07. The number of amides is 1. The van der Waals surface area contributed by atoms with E-state index in [2.05, 4.69) is 26.1 Å². The van der Waals surface area contributed by atoms with Crippen LogP contribution >= 0.6 is 15.9 Å². The molecule has 1 amide bonds. The highest BCUT2D eigenvalue weighted by atomic mass is 79.9. The summed E-state index contributed by atoms with van der Waals surface area (Å²) in [5.41, 5.74) is 5.38. The van der Waals surface area contributed by atoms with E-state index in [9.17, 15) is 18.0 Å². The van der Waals surface area contributed by atoms with Gasteiger partial charge in [-0.1, -0.05) is 15.9 Å². The van der Waals surface area contributed by atoms with Crippen molar-refractivity contribution in [2.45, 2.75) is 19.0 Å². The van der Waals surface area contributed by atoms with E-state index < -0.39 is 11.7 Å². The molecular formula is C24H30BrF3N4O3. The lowest BCUT2D eigenvalue weighted by Crippen LogP contribution is -2.46. The number of alkyl halides is 3. The second kappa shape index (κ2) is 11.9. The fraction of sp³-hybridized carbons (Fsp3) is 0.458. The minimum Gasteiger partial charge on any atom is -0.493 e. The lowest BCUT2D eigenvalue weighted by Gasteiger charge is -2.36. The number of rotatable bonds is 9. The number of ether oxygens (including phenoxy) is 2. The van der Waals surface area contributed by atoms with Crippen molar-refractivity contribution in [3.63, 3.8) is 0 Å². The van der Waals surface area contributed by atoms with E-state index in [-0.39, 0.29) is 11.6 Å². The molecule has 1 aliphatic rings. The molecule has 0 atom stereocenters. The van der Waals surface area contributed by atoms with E-state index in [0.717, 1.165) is 38.5 Å². The molecule has 11 heteroatoms. The predicted octanol–water partition coefficient (Wildman–Crippen LogP) is 4.40. The summed E-state index contributed by atoms with van der Waals surface area (Å²) < 4.78 is 50.8. The van der Waals surface area contributed by atoms with Gasteiger partial charge in [-0.25, -0.2) is 0 Å². The highest BCUT2D eigenvalue weighted by Gasteiger charge is 2.33. The number of nitrogens with two attached hydrogens (primary N) is 1. The molecule has 0 aliphatic carbocycles. The lowest BCUT2D eigenvalue weighted by atomic mass is 10.1. The third kappa shape index (κ3) is 6.94. The second-order valence-corrected chi connectivity index (χ2v) is 9.17. The molecular weight excluding hydrogens is 529 g/mol. The summed E-state index contributed by atoms with van der Waals surface area (Å²) in [6, 6.07) is 7.51. The Hall–Kier alpha value is -2.66. The Morgan fingerprint density at radius 1 is 1.09 bits per heavy atom. The summed E-state index contributed by atoms with van der Waals surface area (Å²) in [7, 11) is 3.01. The summed E-state index contributed by atoms with van der Waals surface area (Å²) in [6.07, 6.45) is -2.78. The van der Waals surface area contributed by atoms with E-state index >= 15 is 0 Å². The van der Waals surface area contributed by atoms with Gasteiger partial charge in [-0.2, -0.15) is 13.2 Å². The van der Waals surface area contributed by atoms with Crippen LogP contribution in [0.2, 0.25) is 0 Å². The van der Waals surface area contributed by atoms with Gasteiger partial charge in [0, 0.05) is 48.6 Å².